The Morgan fingerprint density at radius 2 is 1.95 bits per heavy atom. The lowest BCUT2D eigenvalue weighted by molar-refractivity contribution is 0.0944. The van der Waals surface area contributed by atoms with Crippen molar-refractivity contribution in [1.29, 1.82) is 0 Å². The van der Waals surface area contributed by atoms with Gasteiger partial charge in [0.2, 0.25) is 5.43 Å². The van der Waals surface area contributed by atoms with Crippen LogP contribution in [-0.4, -0.2) is 16.1 Å². The molecule has 0 aliphatic heterocycles. The molecule has 3 aromatic rings. The summed E-state index contributed by atoms with van der Waals surface area (Å²) in [6.45, 7) is 0.280. The van der Waals surface area contributed by atoms with Gasteiger partial charge in [0.1, 0.15) is 5.82 Å². The highest BCUT2D eigenvalue weighted by Crippen LogP contribution is 2.08. The lowest BCUT2D eigenvalue weighted by atomic mass is 10.2. The maximum absolute atomic E-state index is 13.2. The molecule has 0 fully saturated rings. The zero-order chi connectivity index (χ0) is 15.5. The van der Waals surface area contributed by atoms with Crippen LogP contribution in [-0.2, 0) is 6.54 Å². The van der Waals surface area contributed by atoms with Gasteiger partial charge < -0.3 is 5.32 Å². The van der Waals surface area contributed by atoms with E-state index in [4.69, 9.17) is 0 Å². The summed E-state index contributed by atoms with van der Waals surface area (Å²) in [4.78, 5) is 24.3. The van der Waals surface area contributed by atoms with Crippen LogP contribution in [0.25, 0.3) is 10.9 Å². The maximum Gasteiger partial charge on any atom is 0.276 e. The van der Waals surface area contributed by atoms with Gasteiger partial charge in [-0.3, -0.25) is 14.7 Å². The second-order valence-corrected chi connectivity index (χ2v) is 4.76. The third kappa shape index (κ3) is 2.71. The van der Waals surface area contributed by atoms with Crippen molar-refractivity contribution < 1.29 is 9.18 Å². The minimum Gasteiger partial charge on any atom is -0.346 e. The van der Waals surface area contributed by atoms with Crippen molar-refractivity contribution in [2.75, 3.05) is 0 Å². The van der Waals surface area contributed by atoms with Gasteiger partial charge in [-0.05, 0) is 23.8 Å². The zero-order valence-corrected chi connectivity index (χ0v) is 11.5. The summed E-state index contributed by atoms with van der Waals surface area (Å²) in [5.74, 6) is -1.14. The number of nitrogens with one attached hydrogen (secondary N) is 2. The van der Waals surface area contributed by atoms with Crippen molar-refractivity contribution in [2.45, 2.75) is 6.54 Å². The Kier molecular flexibility index (Phi) is 3.65. The Bertz CT molecular complexity index is 891. The average Bonchev–Trinajstić information content (AvgIpc) is 2.54. The monoisotopic (exact) mass is 297 g/mol. The van der Waals surface area contributed by atoms with Crippen LogP contribution in [0.5, 0.6) is 0 Å². The number of hydrogen-bond acceptors (Lipinski definition) is 3. The molecule has 2 aromatic carbocycles. The first-order valence-electron chi connectivity index (χ1n) is 6.65. The quantitative estimate of drug-likeness (QED) is 0.776. The van der Waals surface area contributed by atoms with Crippen LogP contribution >= 0.6 is 0 Å². The molecular weight excluding hydrogens is 285 g/mol. The van der Waals surface area contributed by atoms with Gasteiger partial charge in [0.25, 0.3) is 5.91 Å². The summed E-state index contributed by atoms with van der Waals surface area (Å²) in [6, 6.07) is 13.0. The molecule has 0 radical (unpaired) electrons. The highest BCUT2D eigenvalue weighted by Gasteiger charge is 2.15. The standard InChI is InChI=1S/C16H12FN3O2/c17-11-6-7-13-12(8-11)15(21)14(20-19-13)16(22)18-9-10-4-2-1-3-5-10/h1-8H,9H2,(H,18,22)(H,19,21). The molecular formula is C16H12FN3O2. The van der Waals surface area contributed by atoms with Crippen LogP contribution in [0.1, 0.15) is 16.1 Å². The third-order valence-corrected chi connectivity index (χ3v) is 3.24. The smallest absolute Gasteiger partial charge is 0.276 e. The van der Waals surface area contributed by atoms with Crippen molar-refractivity contribution >= 4 is 16.8 Å². The maximum atomic E-state index is 13.2. The second kappa shape index (κ2) is 5.77. The Morgan fingerprint density at radius 3 is 2.73 bits per heavy atom. The predicted octanol–water partition coefficient (Wildman–Crippen LogP) is 1.99. The molecule has 22 heavy (non-hydrogen) atoms. The van der Waals surface area contributed by atoms with E-state index in [1.54, 1.807) is 0 Å². The van der Waals surface area contributed by atoms with Gasteiger partial charge in [-0.2, -0.15) is 5.10 Å². The predicted molar refractivity (Wildman–Crippen MR) is 79.9 cm³/mol. The highest BCUT2D eigenvalue weighted by atomic mass is 19.1. The number of carbonyl (C=O) groups excluding carboxylic acids is 1. The fraction of sp³-hybridized carbons (Fsp3) is 0.0625. The molecule has 5 nitrogen and oxygen atoms in total. The van der Waals surface area contributed by atoms with Gasteiger partial charge in [-0.1, -0.05) is 30.3 Å². The molecule has 1 amide bonds. The first kappa shape index (κ1) is 13.9. The van der Waals surface area contributed by atoms with Gasteiger partial charge in [-0.25, -0.2) is 4.39 Å². The molecule has 0 atom stereocenters. The van der Waals surface area contributed by atoms with Crippen molar-refractivity contribution in [2.24, 2.45) is 0 Å². The van der Waals surface area contributed by atoms with Gasteiger partial charge in [0.15, 0.2) is 5.69 Å². The van der Waals surface area contributed by atoms with Crippen LogP contribution in [0, 0.1) is 5.82 Å². The lowest BCUT2D eigenvalue weighted by Gasteiger charge is -2.05. The van der Waals surface area contributed by atoms with Crippen molar-refractivity contribution in [1.82, 2.24) is 15.5 Å². The normalized spacial score (nSPS) is 10.6. The molecule has 110 valence electrons. The fourth-order valence-electron chi connectivity index (χ4n) is 2.11. The van der Waals surface area contributed by atoms with E-state index in [9.17, 15) is 14.0 Å². The van der Waals surface area contributed by atoms with Crippen LogP contribution < -0.4 is 10.7 Å². The average molecular weight is 297 g/mol. The molecule has 1 aromatic heterocycles. The summed E-state index contributed by atoms with van der Waals surface area (Å²) in [6.07, 6.45) is 0. The fourth-order valence-corrected chi connectivity index (χ4v) is 2.11. The van der Waals surface area contributed by atoms with Gasteiger partial charge in [-0.15, -0.1) is 0 Å². The summed E-state index contributed by atoms with van der Waals surface area (Å²) in [5, 5.41) is 9.08. The number of amides is 1. The van der Waals surface area contributed by atoms with E-state index in [-0.39, 0.29) is 17.6 Å². The number of aromatic amines is 1. The highest BCUT2D eigenvalue weighted by molar-refractivity contribution is 5.95. The van der Waals surface area contributed by atoms with Crippen LogP contribution in [0.15, 0.2) is 53.3 Å². The van der Waals surface area contributed by atoms with Crippen molar-refractivity contribution in [3.05, 3.63) is 75.8 Å². The molecule has 1 heterocycles. The van der Waals surface area contributed by atoms with Crippen LogP contribution in [0.4, 0.5) is 4.39 Å². The third-order valence-electron chi connectivity index (χ3n) is 3.24. The number of H-pyrrole nitrogens is 1. The van der Waals surface area contributed by atoms with E-state index in [0.717, 1.165) is 11.6 Å². The van der Waals surface area contributed by atoms with Crippen molar-refractivity contribution in [3.8, 4) is 0 Å². The first-order chi connectivity index (χ1) is 10.6. The van der Waals surface area contributed by atoms with E-state index in [1.807, 2.05) is 30.3 Å². The van der Waals surface area contributed by atoms with Crippen LogP contribution in [0.3, 0.4) is 0 Å². The van der Waals surface area contributed by atoms with E-state index in [0.29, 0.717) is 5.52 Å². The van der Waals surface area contributed by atoms with Gasteiger partial charge in [0, 0.05) is 6.54 Å². The minimum atomic E-state index is -0.601. The topological polar surface area (TPSA) is 74.8 Å². The molecule has 3 rings (SSSR count). The Balaban J connectivity index is 1.88. The molecule has 0 unspecified atom stereocenters. The van der Waals surface area contributed by atoms with E-state index >= 15 is 0 Å². The van der Waals surface area contributed by atoms with Crippen LogP contribution in [0.2, 0.25) is 0 Å². The first-order valence-corrected chi connectivity index (χ1v) is 6.65. The second-order valence-electron chi connectivity index (χ2n) is 4.76. The number of aromatic nitrogens is 2. The largest absolute Gasteiger partial charge is 0.346 e. The van der Waals surface area contributed by atoms with Crippen molar-refractivity contribution in [3.63, 3.8) is 0 Å². The number of benzene rings is 2. The van der Waals surface area contributed by atoms with E-state index in [2.05, 4.69) is 15.5 Å². The number of fused-ring (bicyclic) bond motifs is 1. The zero-order valence-electron chi connectivity index (χ0n) is 11.5. The summed E-state index contributed by atoms with van der Waals surface area (Å²) >= 11 is 0. The summed E-state index contributed by atoms with van der Waals surface area (Å²) in [5.41, 5.74) is 0.401. The van der Waals surface area contributed by atoms with Gasteiger partial charge in [0.05, 0.1) is 10.9 Å². The molecule has 2 N–H and O–H groups in total. The number of nitrogens with zero attached hydrogens (tertiary/aromatic N) is 1. The molecule has 0 aliphatic carbocycles. The SMILES string of the molecule is O=C(NCc1ccccc1)c1n[nH]c2ccc(F)cc2c1=O. The van der Waals surface area contributed by atoms with Gasteiger partial charge >= 0.3 is 0 Å². The molecule has 6 heteroatoms. The summed E-state index contributed by atoms with van der Waals surface area (Å²) < 4.78 is 13.2. The van der Waals surface area contributed by atoms with E-state index < -0.39 is 17.2 Å². The number of halogens is 1. The lowest BCUT2D eigenvalue weighted by Crippen LogP contribution is -2.30. The number of hydrogen-bond donors (Lipinski definition) is 2. The van der Waals surface area contributed by atoms with E-state index in [1.165, 1.54) is 12.1 Å². The molecule has 0 bridgehead atoms. The molecule has 0 saturated heterocycles. The molecule has 0 saturated carbocycles. The molecule has 0 spiro atoms. The molecule has 0 aliphatic rings. The Hall–Kier alpha value is -3.02. The minimum absolute atomic E-state index is 0.0971. The number of rotatable bonds is 3. The Morgan fingerprint density at radius 1 is 1.18 bits per heavy atom. The Labute approximate surface area is 124 Å². The summed E-state index contributed by atoms with van der Waals surface area (Å²) in [7, 11) is 0. The number of carbonyl (C=O) groups is 1.